The Balaban J connectivity index is 2.86. The summed E-state index contributed by atoms with van der Waals surface area (Å²) in [7, 11) is 2.35. The molecule has 0 heterocycles. The minimum atomic E-state index is -4.49. The SMILES string of the molecule is CON=CC(NC(=O)c1ccc(C(F)(F)F)cc1)C(=O)OC. The monoisotopic (exact) mass is 318 g/mol. The van der Waals surface area contributed by atoms with Crippen LogP contribution in [0.15, 0.2) is 29.4 Å². The van der Waals surface area contributed by atoms with Crippen molar-refractivity contribution in [2.75, 3.05) is 14.2 Å². The Bertz CT molecular complexity index is 555. The first-order valence-electron chi connectivity index (χ1n) is 5.92. The predicted molar refractivity (Wildman–Crippen MR) is 70.2 cm³/mol. The molecule has 0 saturated heterocycles. The van der Waals surface area contributed by atoms with Gasteiger partial charge in [0.25, 0.3) is 5.91 Å². The van der Waals surface area contributed by atoms with Crippen molar-refractivity contribution in [3.05, 3.63) is 35.4 Å². The number of rotatable bonds is 5. The lowest BCUT2D eigenvalue weighted by Crippen LogP contribution is -2.42. The van der Waals surface area contributed by atoms with Gasteiger partial charge in [0, 0.05) is 5.56 Å². The van der Waals surface area contributed by atoms with E-state index in [1.165, 1.54) is 7.11 Å². The van der Waals surface area contributed by atoms with E-state index >= 15 is 0 Å². The number of ether oxygens (including phenoxy) is 1. The standard InChI is InChI=1S/C13H13F3N2O4/c1-21-12(20)10(7-17-22-2)18-11(19)8-3-5-9(6-4-8)13(14,15)16/h3-7,10H,1-2H3,(H,18,19). The predicted octanol–water partition coefficient (Wildman–Crippen LogP) is 1.61. The molecule has 22 heavy (non-hydrogen) atoms. The minimum absolute atomic E-state index is 0.0484. The third-order valence-corrected chi connectivity index (χ3v) is 2.53. The van der Waals surface area contributed by atoms with Crippen LogP contribution in [0.1, 0.15) is 15.9 Å². The van der Waals surface area contributed by atoms with Crippen molar-refractivity contribution in [1.82, 2.24) is 5.32 Å². The number of halogens is 3. The van der Waals surface area contributed by atoms with Crippen LogP contribution in [0.2, 0.25) is 0 Å². The summed E-state index contributed by atoms with van der Waals surface area (Å²) in [4.78, 5) is 27.7. The van der Waals surface area contributed by atoms with Crippen LogP contribution in [0, 0.1) is 0 Å². The van der Waals surface area contributed by atoms with Gasteiger partial charge in [0.05, 0.1) is 18.9 Å². The number of carbonyl (C=O) groups is 2. The normalized spacial score (nSPS) is 12.8. The maximum absolute atomic E-state index is 12.4. The van der Waals surface area contributed by atoms with Gasteiger partial charge in [-0.05, 0) is 24.3 Å². The molecule has 1 unspecified atom stereocenters. The van der Waals surface area contributed by atoms with Crippen molar-refractivity contribution >= 4 is 18.1 Å². The highest BCUT2D eigenvalue weighted by molar-refractivity contribution is 6.02. The fraction of sp³-hybridized carbons (Fsp3) is 0.308. The number of nitrogens with zero attached hydrogens (tertiary/aromatic N) is 1. The number of methoxy groups -OCH3 is 1. The molecule has 1 aromatic carbocycles. The van der Waals surface area contributed by atoms with Crippen molar-refractivity contribution < 1.29 is 32.3 Å². The summed E-state index contributed by atoms with van der Waals surface area (Å²) in [5.74, 6) is -1.56. The zero-order valence-corrected chi connectivity index (χ0v) is 11.7. The van der Waals surface area contributed by atoms with Gasteiger partial charge in [0.1, 0.15) is 7.11 Å². The molecule has 0 aromatic heterocycles. The Morgan fingerprint density at radius 3 is 2.27 bits per heavy atom. The minimum Gasteiger partial charge on any atom is -0.467 e. The van der Waals surface area contributed by atoms with Crippen molar-refractivity contribution in [3.8, 4) is 0 Å². The number of benzene rings is 1. The van der Waals surface area contributed by atoms with Gasteiger partial charge < -0.3 is 14.9 Å². The lowest BCUT2D eigenvalue weighted by molar-refractivity contribution is -0.141. The van der Waals surface area contributed by atoms with E-state index in [1.807, 2.05) is 0 Å². The highest BCUT2D eigenvalue weighted by Crippen LogP contribution is 2.29. The van der Waals surface area contributed by atoms with Gasteiger partial charge in [-0.1, -0.05) is 5.16 Å². The number of carbonyl (C=O) groups excluding carboxylic acids is 2. The number of alkyl halides is 3. The summed E-state index contributed by atoms with van der Waals surface area (Å²) in [5.41, 5.74) is -0.928. The Kier molecular flexibility index (Phi) is 5.90. The molecule has 0 aliphatic rings. The zero-order chi connectivity index (χ0) is 16.8. The Morgan fingerprint density at radius 1 is 1.23 bits per heavy atom. The van der Waals surface area contributed by atoms with Crippen LogP contribution < -0.4 is 5.32 Å². The molecule has 0 saturated carbocycles. The van der Waals surface area contributed by atoms with Gasteiger partial charge in [-0.3, -0.25) is 4.79 Å². The average Bonchev–Trinajstić information content (AvgIpc) is 2.49. The van der Waals surface area contributed by atoms with Gasteiger partial charge in [-0.15, -0.1) is 0 Å². The summed E-state index contributed by atoms with van der Waals surface area (Å²) in [6, 6.07) is 2.32. The zero-order valence-electron chi connectivity index (χ0n) is 11.7. The topological polar surface area (TPSA) is 77.0 Å². The molecule has 6 nitrogen and oxygen atoms in total. The average molecular weight is 318 g/mol. The van der Waals surface area contributed by atoms with Gasteiger partial charge in [0.2, 0.25) is 0 Å². The molecule has 0 radical (unpaired) electrons. The summed E-state index contributed by atoms with van der Waals surface area (Å²) in [6.07, 6.45) is -3.50. The molecule has 120 valence electrons. The summed E-state index contributed by atoms with van der Waals surface area (Å²) in [6.45, 7) is 0. The molecule has 9 heteroatoms. The Morgan fingerprint density at radius 2 is 1.82 bits per heavy atom. The lowest BCUT2D eigenvalue weighted by atomic mass is 10.1. The third kappa shape index (κ3) is 4.76. The van der Waals surface area contributed by atoms with E-state index in [0.29, 0.717) is 0 Å². The van der Waals surface area contributed by atoms with Gasteiger partial charge in [-0.25, -0.2) is 4.79 Å². The molecule has 1 atom stereocenters. The Hall–Kier alpha value is -2.58. The molecule has 0 bridgehead atoms. The van der Waals surface area contributed by atoms with E-state index in [1.54, 1.807) is 0 Å². The number of hydrogen-bond acceptors (Lipinski definition) is 5. The molecule has 0 spiro atoms. The van der Waals surface area contributed by atoms with E-state index < -0.39 is 29.7 Å². The smallest absolute Gasteiger partial charge is 0.416 e. The first-order valence-corrected chi connectivity index (χ1v) is 5.92. The van der Waals surface area contributed by atoms with Crippen LogP contribution in [0.25, 0.3) is 0 Å². The molecule has 0 aliphatic carbocycles. The van der Waals surface area contributed by atoms with Crippen LogP contribution >= 0.6 is 0 Å². The van der Waals surface area contributed by atoms with E-state index in [0.717, 1.165) is 37.6 Å². The van der Waals surface area contributed by atoms with Crippen molar-refractivity contribution in [2.45, 2.75) is 12.2 Å². The molecule has 0 fully saturated rings. The molecule has 1 rings (SSSR count). The fourth-order valence-corrected chi connectivity index (χ4v) is 1.44. The number of oxime groups is 1. The summed E-state index contributed by atoms with van der Waals surface area (Å²) in [5, 5.41) is 5.60. The van der Waals surface area contributed by atoms with Crippen LogP contribution in [0.5, 0.6) is 0 Å². The molecule has 1 amide bonds. The van der Waals surface area contributed by atoms with Crippen LogP contribution in [0.3, 0.4) is 0 Å². The van der Waals surface area contributed by atoms with Crippen molar-refractivity contribution in [1.29, 1.82) is 0 Å². The summed E-state index contributed by atoms with van der Waals surface area (Å²) < 4.78 is 41.7. The highest BCUT2D eigenvalue weighted by Gasteiger charge is 2.30. The second-order valence-corrected chi connectivity index (χ2v) is 3.99. The summed E-state index contributed by atoms with van der Waals surface area (Å²) >= 11 is 0. The number of esters is 1. The highest BCUT2D eigenvalue weighted by atomic mass is 19.4. The second kappa shape index (κ2) is 7.43. The molecular formula is C13H13F3N2O4. The maximum Gasteiger partial charge on any atom is 0.416 e. The third-order valence-electron chi connectivity index (χ3n) is 2.53. The van der Waals surface area contributed by atoms with Gasteiger partial charge in [0.15, 0.2) is 6.04 Å². The first-order chi connectivity index (χ1) is 10.3. The number of amides is 1. The van der Waals surface area contributed by atoms with Crippen molar-refractivity contribution in [2.24, 2.45) is 5.16 Å². The van der Waals surface area contributed by atoms with E-state index in [-0.39, 0.29) is 5.56 Å². The fourth-order valence-electron chi connectivity index (χ4n) is 1.44. The largest absolute Gasteiger partial charge is 0.467 e. The van der Waals surface area contributed by atoms with E-state index in [2.05, 4.69) is 20.0 Å². The molecule has 1 aromatic rings. The Labute approximate surface area is 123 Å². The van der Waals surface area contributed by atoms with E-state index in [4.69, 9.17) is 0 Å². The van der Waals surface area contributed by atoms with E-state index in [9.17, 15) is 22.8 Å². The number of nitrogens with one attached hydrogen (secondary N) is 1. The first kappa shape index (κ1) is 17.5. The second-order valence-electron chi connectivity index (χ2n) is 3.99. The van der Waals surface area contributed by atoms with Gasteiger partial charge in [-0.2, -0.15) is 13.2 Å². The lowest BCUT2D eigenvalue weighted by Gasteiger charge is -2.12. The maximum atomic E-state index is 12.4. The van der Waals surface area contributed by atoms with Crippen LogP contribution in [-0.4, -0.2) is 38.4 Å². The molecule has 0 aliphatic heterocycles. The van der Waals surface area contributed by atoms with Crippen molar-refractivity contribution in [3.63, 3.8) is 0 Å². The van der Waals surface area contributed by atoms with Crippen LogP contribution in [-0.2, 0) is 20.5 Å². The van der Waals surface area contributed by atoms with Gasteiger partial charge >= 0.3 is 12.1 Å². The number of hydrogen-bond donors (Lipinski definition) is 1. The quantitative estimate of drug-likeness (QED) is 0.508. The van der Waals surface area contributed by atoms with Crippen LogP contribution in [0.4, 0.5) is 13.2 Å². The molecule has 1 N–H and O–H groups in total. The molecular weight excluding hydrogens is 305 g/mol.